The molecule has 0 aliphatic rings. The molecule has 0 saturated heterocycles. The Bertz CT molecular complexity index is 1020. The van der Waals surface area contributed by atoms with Gasteiger partial charge in [-0.25, -0.2) is 4.98 Å². The van der Waals surface area contributed by atoms with Gasteiger partial charge in [0.05, 0.1) is 6.04 Å². The maximum absolute atomic E-state index is 12.9. The molecule has 6 nitrogen and oxygen atoms in total. The Kier molecular flexibility index (Phi) is 5.08. The lowest BCUT2D eigenvalue weighted by Gasteiger charge is -2.27. The van der Waals surface area contributed by atoms with Gasteiger partial charge in [0.2, 0.25) is 0 Å². The van der Waals surface area contributed by atoms with E-state index >= 15 is 0 Å². The summed E-state index contributed by atoms with van der Waals surface area (Å²) in [5, 5.41) is 3.00. The number of nitrogens with one attached hydrogen (secondary N) is 1. The van der Waals surface area contributed by atoms with Gasteiger partial charge in [-0.05, 0) is 42.5 Å². The van der Waals surface area contributed by atoms with E-state index in [0.29, 0.717) is 12.1 Å². The predicted molar refractivity (Wildman–Crippen MR) is 105 cm³/mol. The van der Waals surface area contributed by atoms with Crippen LogP contribution >= 0.6 is 0 Å². The minimum atomic E-state index is -0.428. The maximum Gasteiger partial charge on any atom is 0.270 e. The SMILES string of the molecule is Cc1cccc2ncc(C(=O)N[C@@H](CC(C)(C)C)c3cccnc3)c(=O)n12. The van der Waals surface area contributed by atoms with Gasteiger partial charge in [0.25, 0.3) is 11.5 Å². The highest BCUT2D eigenvalue weighted by atomic mass is 16.2. The smallest absolute Gasteiger partial charge is 0.270 e. The van der Waals surface area contributed by atoms with E-state index in [1.54, 1.807) is 18.5 Å². The highest BCUT2D eigenvalue weighted by molar-refractivity contribution is 5.94. The summed E-state index contributed by atoms with van der Waals surface area (Å²) in [6.45, 7) is 8.14. The van der Waals surface area contributed by atoms with Crippen molar-refractivity contribution in [3.05, 3.63) is 76.1 Å². The second-order valence-corrected chi connectivity index (χ2v) is 7.91. The zero-order valence-electron chi connectivity index (χ0n) is 16.1. The Morgan fingerprint density at radius 1 is 1.19 bits per heavy atom. The highest BCUT2D eigenvalue weighted by Crippen LogP contribution is 2.29. The molecule has 0 unspecified atom stereocenters. The van der Waals surface area contributed by atoms with E-state index in [4.69, 9.17) is 0 Å². The van der Waals surface area contributed by atoms with Crippen molar-refractivity contribution in [2.75, 3.05) is 0 Å². The lowest BCUT2D eigenvalue weighted by Crippen LogP contribution is -2.36. The van der Waals surface area contributed by atoms with Crippen molar-refractivity contribution in [2.45, 2.75) is 40.2 Å². The van der Waals surface area contributed by atoms with Gasteiger partial charge >= 0.3 is 0 Å². The highest BCUT2D eigenvalue weighted by Gasteiger charge is 2.24. The zero-order chi connectivity index (χ0) is 19.6. The molecule has 0 saturated carbocycles. The number of fused-ring (bicyclic) bond motifs is 1. The van der Waals surface area contributed by atoms with Crippen LogP contribution in [0.1, 0.15) is 54.8 Å². The third-order valence-electron chi connectivity index (χ3n) is 4.38. The first kappa shape index (κ1) is 18.8. The molecule has 3 rings (SSSR count). The number of nitrogens with zero attached hydrogens (tertiary/aromatic N) is 3. The van der Waals surface area contributed by atoms with Crippen LogP contribution in [0.25, 0.3) is 5.65 Å². The molecule has 3 aromatic heterocycles. The first-order valence-electron chi connectivity index (χ1n) is 8.94. The molecule has 3 aromatic rings. The van der Waals surface area contributed by atoms with Crippen LogP contribution in [0.3, 0.4) is 0 Å². The Morgan fingerprint density at radius 3 is 2.63 bits per heavy atom. The van der Waals surface area contributed by atoms with Gasteiger partial charge in [0, 0.05) is 24.3 Å². The van der Waals surface area contributed by atoms with Crippen LogP contribution in [0, 0.1) is 12.3 Å². The number of hydrogen-bond acceptors (Lipinski definition) is 4. The van der Waals surface area contributed by atoms with Gasteiger partial charge in [0.15, 0.2) is 0 Å². The van der Waals surface area contributed by atoms with Crippen LogP contribution in [0.2, 0.25) is 0 Å². The van der Waals surface area contributed by atoms with Gasteiger partial charge in [-0.2, -0.15) is 0 Å². The Balaban J connectivity index is 1.97. The summed E-state index contributed by atoms with van der Waals surface area (Å²) in [7, 11) is 0. The third-order valence-corrected chi connectivity index (χ3v) is 4.38. The largest absolute Gasteiger partial charge is 0.345 e. The summed E-state index contributed by atoms with van der Waals surface area (Å²) in [6.07, 6.45) is 5.50. The van der Waals surface area contributed by atoms with Gasteiger partial charge < -0.3 is 5.32 Å². The summed E-state index contributed by atoms with van der Waals surface area (Å²) >= 11 is 0. The van der Waals surface area contributed by atoms with Crippen LogP contribution in [0.15, 0.2) is 53.7 Å². The van der Waals surface area contributed by atoms with E-state index in [2.05, 4.69) is 36.1 Å². The monoisotopic (exact) mass is 364 g/mol. The van der Waals surface area contributed by atoms with Crippen LogP contribution in [-0.2, 0) is 0 Å². The second kappa shape index (κ2) is 7.31. The summed E-state index contributed by atoms with van der Waals surface area (Å²) in [5.41, 5.74) is 1.82. The molecule has 1 N–H and O–H groups in total. The molecule has 0 aliphatic heterocycles. The molecular formula is C21H24N4O2. The number of carbonyl (C=O) groups is 1. The van der Waals surface area contributed by atoms with Crippen molar-refractivity contribution in [3.63, 3.8) is 0 Å². The molecule has 0 fully saturated rings. The van der Waals surface area contributed by atoms with Gasteiger partial charge in [-0.15, -0.1) is 0 Å². The molecular weight excluding hydrogens is 340 g/mol. The molecule has 3 heterocycles. The molecule has 0 aromatic carbocycles. The Morgan fingerprint density at radius 2 is 1.96 bits per heavy atom. The molecule has 1 amide bonds. The molecule has 140 valence electrons. The van der Waals surface area contributed by atoms with Crippen molar-refractivity contribution >= 4 is 11.6 Å². The molecule has 27 heavy (non-hydrogen) atoms. The lowest BCUT2D eigenvalue weighted by molar-refractivity contribution is 0.0924. The van der Waals surface area contributed by atoms with E-state index in [9.17, 15) is 9.59 Å². The first-order valence-corrected chi connectivity index (χ1v) is 8.94. The minimum absolute atomic E-state index is 0.0128. The van der Waals surface area contributed by atoms with Gasteiger partial charge in [-0.1, -0.05) is 32.9 Å². The fourth-order valence-electron chi connectivity index (χ4n) is 3.11. The van der Waals surface area contributed by atoms with Gasteiger partial charge in [-0.3, -0.25) is 19.0 Å². The third kappa shape index (κ3) is 4.22. The minimum Gasteiger partial charge on any atom is -0.345 e. The standard InChI is InChI=1S/C21H24N4O2/c1-14-7-5-9-18-23-13-16(20(27)25(14)18)19(26)24-17(11-21(2,3)4)15-8-6-10-22-12-15/h5-10,12-13,17H,11H2,1-4H3,(H,24,26)/t17-/m0/s1. The molecule has 0 radical (unpaired) electrons. The van der Waals surface area contributed by atoms with E-state index in [1.807, 2.05) is 31.2 Å². The van der Waals surface area contributed by atoms with Crippen molar-refractivity contribution in [2.24, 2.45) is 5.41 Å². The number of carbonyl (C=O) groups excluding carboxylic acids is 1. The van der Waals surface area contributed by atoms with Crippen LogP contribution in [0.5, 0.6) is 0 Å². The van der Waals surface area contributed by atoms with E-state index in [0.717, 1.165) is 11.3 Å². The molecule has 1 atom stereocenters. The molecule has 0 spiro atoms. The number of aryl methyl sites for hydroxylation is 1. The van der Waals surface area contributed by atoms with E-state index in [1.165, 1.54) is 10.6 Å². The van der Waals surface area contributed by atoms with Crippen molar-refractivity contribution < 1.29 is 4.79 Å². The fourth-order valence-corrected chi connectivity index (χ4v) is 3.11. The summed E-state index contributed by atoms with van der Waals surface area (Å²) < 4.78 is 1.46. The number of amides is 1. The number of pyridine rings is 2. The topological polar surface area (TPSA) is 76.4 Å². The Labute approximate surface area is 158 Å². The van der Waals surface area contributed by atoms with E-state index < -0.39 is 5.91 Å². The van der Waals surface area contributed by atoms with Crippen molar-refractivity contribution in [1.82, 2.24) is 19.7 Å². The zero-order valence-corrected chi connectivity index (χ0v) is 16.1. The lowest BCUT2D eigenvalue weighted by atomic mass is 9.85. The fraction of sp³-hybridized carbons (Fsp3) is 0.333. The van der Waals surface area contributed by atoms with E-state index in [-0.39, 0.29) is 22.6 Å². The maximum atomic E-state index is 12.9. The summed E-state index contributed by atoms with van der Waals surface area (Å²) in [5.74, 6) is -0.428. The molecule has 0 aliphatic carbocycles. The summed E-state index contributed by atoms with van der Waals surface area (Å²) in [6, 6.07) is 8.91. The summed E-state index contributed by atoms with van der Waals surface area (Å²) in [4.78, 5) is 34.2. The average molecular weight is 364 g/mol. The molecule has 6 heteroatoms. The van der Waals surface area contributed by atoms with Crippen LogP contribution in [0.4, 0.5) is 0 Å². The number of hydrogen-bond donors (Lipinski definition) is 1. The van der Waals surface area contributed by atoms with Crippen LogP contribution in [-0.4, -0.2) is 20.3 Å². The predicted octanol–water partition coefficient (Wildman–Crippen LogP) is 3.31. The quantitative estimate of drug-likeness (QED) is 0.771. The van der Waals surface area contributed by atoms with Crippen molar-refractivity contribution in [3.8, 4) is 0 Å². The Hall–Kier alpha value is -3.02. The van der Waals surface area contributed by atoms with Gasteiger partial charge in [0.1, 0.15) is 11.2 Å². The average Bonchev–Trinajstić information content (AvgIpc) is 2.61. The van der Waals surface area contributed by atoms with Crippen molar-refractivity contribution in [1.29, 1.82) is 0 Å². The number of aromatic nitrogens is 3. The number of rotatable bonds is 4. The molecule has 0 bridgehead atoms. The normalized spacial score (nSPS) is 12.7. The first-order chi connectivity index (χ1) is 12.8. The van der Waals surface area contributed by atoms with Crippen LogP contribution < -0.4 is 10.9 Å². The second-order valence-electron chi connectivity index (χ2n) is 7.91.